The Morgan fingerprint density at radius 3 is 2.76 bits per heavy atom. The summed E-state index contributed by atoms with van der Waals surface area (Å²) in [6, 6.07) is 1.59. The van der Waals surface area contributed by atoms with E-state index >= 15 is 0 Å². The molecule has 9 heteroatoms. The molecule has 2 atom stereocenters. The zero-order chi connectivity index (χ0) is 18.4. The molecular formula is C16H17F3N2O2S2. The predicted molar refractivity (Wildman–Crippen MR) is 89.6 cm³/mol. The molecule has 0 radical (unpaired) electrons. The zero-order valence-electron chi connectivity index (χ0n) is 13.6. The number of thiazole rings is 1. The van der Waals surface area contributed by atoms with Gasteiger partial charge in [-0.05, 0) is 37.3 Å². The Labute approximate surface area is 150 Å². The number of aliphatic hydroxyl groups is 1. The first kappa shape index (κ1) is 18.3. The largest absolute Gasteiger partial charge is 0.424 e. The molecule has 136 valence electrons. The quantitative estimate of drug-likeness (QED) is 0.867. The second kappa shape index (κ2) is 6.37. The van der Waals surface area contributed by atoms with Crippen molar-refractivity contribution in [2.24, 2.45) is 0 Å². The summed E-state index contributed by atoms with van der Waals surface area (Å²) in [6.07, 6.45) is -5.43. The van der Waals surface area contributed by atoms with E-state index in [0.717, 1.165) is 10.4 Å². The summed E-state index contributed by atoms with van der Waals surface area (Å²) in [7, 11) is 0. The van der Waals surface area contributed by atoms with E-state index in [-0.39, 0.29) is 6.04 Å². The highest BCUT2D eigenvalue weighted by atomic mass is 32.1. The molecule has 1 amide bonds. The van der Waals surface area contributed by atoms with Gasteiger partial charge in [0.2, 0.25) is 11.5 Å². The number of amides is 1. The third-order valence-electron chi connectivity index (χ3n) is 4.45. The van der Waals surface area contributed by atoms with E-state index < -0.39 is 29.1 Å². The van der Waals surface area contributed by atoms with Gasteiger partial charge in [-0.3, -0.25) is 4.79 Å². The smallest absolute Gasteiger partial charge is 0.374 e. The molecule has 2 aromatic heterocycles. The molecule has 2 aromatic rings. The highest BCUT2D eigenvalue weighted by Gasteiger charge is 2.58. The van der Waals surface area contributed by atoms with Crippen molar-refractivity contribution in [2.45, 2.75) is 44.5 Å². The van der Waals surface area contributed by atoms with Crippen LogP contribution in [0, 0.1) is 6.92 Å². The van der Waals surface area contributed by atoms with Gasteiger partial charge in [-0.25, -0.2) is 4.98 Å². The van der Waals surface area contributed by atoms with Crippen molar-refractivity contribution in [3.63, 3.8) is 0 Å². The summed E-state index contributed by atoms with van der Waals surface area (Å²) in [4.78, 5) is 19.0. The van der Waals surface area contributed by atoms with Crippen LogP contribution in [0.15, 0.2) is 16.8 Å². The molecule has 1 N–H and O–H groups in total. The molecule has 0 aromatic carbocycles. The summed E-state index contributed by atoms with van der Waals surface area (Å²) in [5, 5.41) is 13.2. The van der Waals surface area contributed by atoms with Crippen molar-refractivity contribution in [1.29, 1.82) is 0 Å². The highest BCUT2D eigenvalue weighted by Crippen LogP contribution is 2.44. The predicted octanol–water partition coefficient (Wildman–Crippen LogP) is 3.80. The Morgan fingerprint density at radius 2 is 2.16 bits per heavy atom. The summed E-state index contributed by atoms with van der Waals surface area (Å²) < 4.78 is 40.7. The van der Waals surface area contributed by atoms with Crippen LogP contribution in [0.5, 0.6) is 0 Å². The van der Waals surface area contributed by atoms with Gasteiger partial charge in [0.05, 0.1) is 12.5 Å². The minimum atomic E-state index is -4.99. The number of nitrogens with zero attached hydrogens (tertiary/aromatic N) is 2. The average molecular weight is 390 g/mol. The van der Waals surface area contributed by atoms with Crippen LogP contribution in [0.25, 0.3) is 0 Å². The van der Waals surface area contributed by atoms with Gasteiger partial charge in [-0.15, -0.1) is 22.7 Å². The van der Waals surface area contributed by atoms with E-state index in [4.69, 9.17) is 0 Å². The SMILES string of the molecule is Cc1csc([C@@](O)(CC(=O)N2CCc3sccc3[C@H]2C)C(F)(F)F)n1. The lowest BCUT2D eigenvalue weighted by atomic mass is 9.95. The van der Waals surface area contributed by atoms with Crippen LogP contribution in [0.3, 0.4) is 0 Å². The number of aromatic nitrogens is 1. The van der Waals surface area contributed by atoms with Crippen LogP contribution < -0.4 is 0 Å². The summed E-state index contributed by atoms with van der Waals surface area (Å²) >= 11 is 2.30. The molecule has 1 aliphatic heterocycles. The van der Waals surface area contributed by atoms with E-state index in [1.807, 2.05) is 11.4 Å². The second-order valence-electron chi connectivity index (χ2n) is 6.14. The molecule has 0 fully saturated rings. The standard InChI is InChI=1S/C16H17F3N2O2S2/c1-9-8-25-14(20-9)15(23,16(17,18)19)7-13(22)21-5-3-12-11(10(21)2)4-6-24-12/h4,6,8,10,23H,3,5,7H2,1-2H3/t10-,15+/m1/s1. The molecular weight excluding hydrogens is 373 g/mol. The van der Waals surface area contributed by atoms with Gasteiger partial charge in [-0.2, -0.15) is 13.2 Å². The average Bonchev–Trinajstić information content (AvgIpc) is 3.15. The van der Waals surface area contributed by atoms with Crippen LogP contribution in [0.2, 0.25) is 0 Å². The van der Waals surface area contributed by atoms with Crippen molar-refractivity contribution in [2.75, 3.05) is 6.54 Å². The van der Waals surface area contributed by atoms with Crippen LogP contribution in [-0.4, -0.2) is 33.6 Å². The Morgan fingerprint density at radius 1 is 1.44 bits per heavy atom. The Hall–Kier alpha value is -1.45. The first-order chi connectivity index (χ1) is 11.6. The topological polar surface area (TPSA) is 53.4 Å². The van der Waals surface area contributed by atoms with Crippen LogP contribution >= 0.6 is 22.7 Å². The number of halogens is 3. The lowest BCUT2D eigenvalue weighted by Crippen LogP contribution is -2.48. The second-order valence-corrected chi connectivity index (χ2v) is 8.00. The molecule has 1 aliphatic rings. The maximum absolute atomic E-state index is 13.6. The fourth-order valence-corrected chi connectivity index (χ4v) is 4.89. The third kappa shape index (κ3) is 3.20. The Kier molecular flexibility index (Phi) is 4.67. The van der Waals surface area contributed by atoms with Gasteiger partial charge in [0.15, 0.2) is 0 Å². The van der Waals surface area contributed by atoms with Gasteiger partial charge in [0.25, 0.3) is 0 Å². The first-order valence-corrected chi connectivity index (χ1v) is 9.47. The number of carbonyl (C=O) groups is 1. The van der Waals surface area contributed by atoms with Crippen molar-refractivity contribution >= 4 is 28.6 Å². The van der Waals surface area contributed by atoms with Crippen molar-refractivity contribution in [3.05, 3.63) is 38.0 Å². The van der Waals surface area contributed by atoms with Crippen molar-refractivity contribution in [3.8, 4) is 0 Å². The number of hydrogen-bond acceptors (Lipinski definition) is 5. The fourth-order valence-electron chi connectivity index (χ4n) is 3.01. The molecule has 3 rings (SSSR count). The molecule has 4 nitrogen and oxygen atoms in total. The molecule has 0 aliphatic carbocycles. The van der Waals surface area contributed by atoms with Crippen LogP contribution in [0.4, 0.5) is 13.2 Å². The molecule has 3 heterocycles. The third-order valence-corrected chi connectivity index (χ3v) is 6.55. The van der Waals surface area contributed by atoms with E-state index in [9.17, 15) is 23.1 Å². The highest BCUT2D eigenvalue weighted by molar-refractivity contribution is 7.10. The van der Waals surface area contributed by atoms with Gasteiger partial charge in [0, 0.05) is 22.5 Å². The lowest BCUT2D eigenvalue weighted by Gasteiger charge is -2.36. The number of alkyl halides is 3. The van der Waals surface area contributed by atoms with Gasteiger partial charge in [-0.1, -0.05) is 0 Å². The lowest BCUT2D eigenvalue weighted by molar-refractivity contribution is -0.268. The number of hydrogen-bond donors (Lipinski definition) is 1. The Bertz CT molecular complexity index is 786. The number of rotatable bonds is 3. The minimum absolute atomic E-state index is 0.307. The monoisotopic (exact) mass is 390 g/mol. The van der Waals surface area contributed by atoms with Crippen LogP contribution in [0.1, 0.15) is 40.5 Å². The summed E-state index contributed by atoms with van der Waals surface area (Å²) in [6.45, 7) is 3.69. The molecule has 0 saturated heterocycles. The normalized spacial score (nSPS) is 20.2. The van der Waals surface area contributed by atoms with Gasteiger partial charge in [0.1, 0.15) is 5.01 Å². The van der Waals surface area contributed by atoms with E-state index in [0.29, 0.717) is 30.0 Å². The number of thiophene rings is 1. The van der Waals surface area contributed by atoms with E-state index in [1.54, 1.807) is 25.2 Å². The zero-order valence-corrected chi connectivity index (χ0v) is 15.3. The number of fused-ring (bicyclic) bond motifs is 1. The number of carbonyl (C=O) groups excluding carboxylic acids is 1. The van der Waals surface area contributed by atoms with Gasteiger partial charge >= 0.3 is 6.18 Å². The summed E-state index contributed by atoms with van der Waals surface area (Å²) in [5.41, 5.74) is -1.92. The molecule has 0 saturated carbocycles. The van der Waals surface area contributed by atoms with Crippen molar-refractivity contribution < 1.29 is 23.1 Å². The molecule has 0 bridgehead atoms. The van der Waals surface area contributed by atoms with Gasteiger partial charge < -0.3 is 10.0 Å². The number of aryl methyl sites for hydroxylation is 1. The maximum Gasteiger partial charge on any atom is 0.424 e. The molecule has 0 spiro atoms. The molecule has 25 heavy (non-hydrogen) atoms. The fraction of sp³-hybridized carbons (Fsp3) is 0.500. The Balaban J connectivity index is 1.87. The first-order valence-electron chi connectivity index (χ1n) is 7.71. The van der Waals surface area contributed by atoms with Crippen LogP contribution in [-0.2, 0) is 16.8 Å². The molecule has 0 unspecified atom stereocenters. The maximum atomic E-state index is 13.6. The van der Waals surface area contributed by atoms with E-state index in [1.165, 1.54) is 10.3 Å². The summed E-state index contributed by atoms with van der Waals surface area (Å²) in [5.74, 6) is -0.725. The van der Waals surface area contributed by atoms with Crippen molar-refractivity contribution in [1.82, 2.24) is 9.88 Å². The van der Waals surface area contributed by atoms with E-state index in [2.05, 4.69) is 4.98 Å². The minimum Gasteiger partial charge on any atom is -0.374 e.